The van der Waals surface area contributed by atoms with Gasteiger partial charge in [-0.25, -0.2) is 4.98 Å². The van der Waals surface area contributed by atoms with Crippen LogP contribution in [-0.4, -0.2) is 28.6 Å². The number of aromatic nitrogens is 1. The molecule has 1 heterocycles. The fourth-order valence-corrected chi connectivity index (χ4v) is 4.70. The van der Waals surface area contributed by atoms with Crippen LogP contribution in [-0.2, 0) is 19.7 Å². The highest BCUT2D eigenvalue weighted by atomic mass is 16.5. The van der Waals surface area contributed by atoms with Gasteiger partial charge in [0.15, 0.2) is 0 Å². The van der Waals surface area contributed by atoms with E-state index >= 15 is 0 Å². The van der Waals surface area contributed by atoms with Crippen molar-refractivity contribution in [2.24, 2.45) is 5.92 Å². The Labute approximate surface area is 169 Å². The molecule has 2 aromatic carbocycles. The lowest BCUT2D eigenvalue weighted by atomic mass is 9.69. The number of carbonyl (C=O) groups is 2. The van der Waals surface area contributed by atoms with E-state index in [2.05, 4.69) is 6.07 Å². The van der Waals surface area contributed by atoms with Gasteiger partial charge in [0.2, 0.25) is 0 Å². The number of aliphatic carboxylic acids is 1. The molecule has 0 spiro atoms. The van der Waals surface area contributed by atoms with E-state index in [-0.39, 0.29) is 6.10 Å². The maximum atomic E-state index is 11.8. The van der Waals surface area contributed by atoms with Crippen molar-refractivity contribution >= 4 is 23.3 Å². The van der Waals surface area contributed by atoms with Crippen molar-refractivity contribution in [3.05, 3.63) is 65.7 Å². The summed E-state index contributed by atoms with van der Waals surface area (Å²) in [5.74, 6) is -1.41. The van der Waals surface area contributed by atoms with E-state index in [0.717, 1.165) is 33.3 Å². The molecular weight excluding hydrogens is 366 g/mol. The van der Waals surface area contributed by atoms with Gasteiger partial charge in [-0.15, -0.1) is 0 Å². The Morgan fingerprint density at radius 3 is 2.59 bits per heavy atom. The molecule has 0 bridgehead atoms. The van der Waals surface area contributed by atoms with Crippen molar-refractivity contribution in [1.29, 1.82) is 0 Å². The summed E-state index contributed by atoms with van der Waals surface area (Å²) < 4.78 is 5.24. The van der Waals surface area contributed by atoms with Crippen LogP contribution in [0.15, 0.2) is 54.6 Å². The van der Waals surface area contributed by atoms with Crippen molar-refractivity contribution in [3.63, 3.8) is 0 Å². The molecule has 3 aromatic rings. The van der Waals surface area contributed by atoms with E-state index in [1.165, 1.54) is 0 Å². The first-order valence-electron chi connectivity index (χ1n) is 9.78. The third-order valence-corrected chi connectivity index (χ3v) is 5.94. The predicted octanol–water partition coefficient (Wildman–Crippen LogP) is 4.56. The van der Waals surface area contributed by atoms with Crippen LogP contribution >= 0.6 is 0 Å². The van der Waals surface area contributed by atoms with Crippen molar-refractivity contribution in [1.82, 2.24) is 4.98 Å². The van der Waals surface area contributed by atoms with Crippen molar-refractivity contribution in [2.75, 3.05) is 0 Å². The Morgan fingerprint density at radius 1 is 1.10 bits per heavy atom. The van der Waals surface area contributed by atoms with Crippen LogP contribution in [0.1, 0.15) is 37.8 Å². The molecule has 0 radical (unpaired) electrons. The van der Waals surface area contributed by atoms with Gasteiger partial charge in [0, 0.05) is 16.4 Å². The highest BCUT2D eigenvalue weighted by molar-refractivity contribution is 5.88. The van der Waals surface area contributed by atoms with Crippen molar-refractivity contribution in [2.45, 2.75) is 38.2 Å². The molecule has 0 saturated carbocycles. The van der Waals surface area contributed by atoms with Crippen LogP contribution in [0.2, 0.25) is 0 Å². The molecular formula is C24H23NO4. The van der Waals surface area contributed by atoms with E-state index in [1.54, 1.807) is 6.92 Å². The zero-order valence-corrected chi connectivity index (χ0v) is 16.5. The van der Waals surface area contributed by atoms with E-state index < -0.39 is 17.3 Å². The molecule has 5 nitrogen and oxygen atoms in total. The third-order valence-electron chi connectivity index (χ3n) is 5.94. The number of para-hydroxylation sites is 1. The Kier molecular flexibility index (Phi) is 4.82. The SMILES string of the molecule is CC(CC1(CC(C)C(=O)O)c2ccccc2-c2nc3ccccc3cc21)OC=O. The second kappa shape index (κ2) is 7.32. The molecule has 3 atom stereocenters. The van der Waals surface area contributed by atoms with Gasteiger partial charge in [-0.2, -0.15) is 0 Å². The monoisotopic (exact) mass is 389 g/mol. The number of ether oxygens (including phenoxy) is 1. The first-order chi connectivity index (χ1) is 14.0. The Hall–Kier alpha value is -3.21. The number of fused-ring (bicyclic) bond motifs is 4. The van der Waals surface area contributed by atoms with Gasteiger partial charge in [0.25, 0.3) is 6.47 Å². The second-order valence-corrected chi connectivity index (χ2v) is 7.90. The Bertz CT molecular complexity index is 1090. The molecule has 148 valence electrons. The molecule has 1 aliphatic carbocycles. The third kappa shape index (κ3) is 3.16. The lowest BCUT2D eigenvalue weighted by molar-refractivity contribution is -0.142. The van der Waals surface area contributed by atoms with E-state index in [9.17, 15) is 14.7 Å². The van der Waals surface area contributed by atoms with Crippen LogP contribution in [0.4, 0.5) is 0 Å². The maximum absolute atomic E-state index is 11.8. The smallest absolute Gasteiger partial charge is 0.306 e. The number of hydrogen-bond acceptors (Lipinski definition) is 4. The number of carboxylic acid groups (broad SMARTS) is 1. The second-order valence-electron chi connectivity index (χ2n) is 7.90. The zero-order valence-electron chi connectivity index (χ0n) is 16.5. The summed E-state index contributed by atoms with van der Waals surface area (Å²) in [6.07, 6.45) is 0.533. The highest BCUT2D eigenvalue weighted by Gasteiger charge is 2.46. The summed E-state index contributed by atoms with van der Waals surface area (Å²) in [4.78, 5) is 27.7. The van der Waals surface area contributed by atoms with Gasteiger partial charge in [0.1, 0.15) is 0 Å². The van der Waals surface area contributed by atoms with E-state index in [0.29, 0.717) is 19.3 Å². The molecule has 0 aliphatic heterocycles. The molecule has 0 amide bonds. The summed E-state index contributed by atoms with van der Waals surface area (Å²) >= 11 is 0. The van der Waals surface area contributed by atoms with Gasteiger partial charge in [0.05, 0.1) is 23.2 Å². The zero-order chi connectivity index (χ0) is 20.6. The van der Waals surface area contributed by atoms with Crippen molar-refractivity contribution in [3.8, 4) is 11.3 Å². The topological polar surface area (TPSA) is 76.5 Å². The normalized spacial score (nSPS) is 19.2. The number of rotatable bonds is 7. The van der Waals surface area contributed by atoms with Crippen LogP contribution in [0.5, 0.6) is 0 Å². The quantitative estimate of drug-likeness (QED) is 0.599. The number of benzene rings is 2. The van der Waals surface area contributed by atoms with Gasteiger partial charge in [-0.05, 0) is 43.0 Å². The minimum Gasteiger partial charge on any atom is -0.481 e. The molecule has 3 unspecified atom stereocenters. The van der Waals surface area contributed by atoms with Gasteiger partial charge in [-0.1, -0.05) is 49.4 Å². The standard InChI is InChI=1S/C24H23NO4/c1-15(23(27)28)12-24(13-16(2)29-14-26)19-9-5-4-8-18(19)22-20(24)11-17-7-3-6-10-21(17)25-22/h3-11,14-16H,12-13H2,1-2H3,(H,27,28). The summed E-state index contributed by atoms with van der Waals surface area (Å²) in [6.45, 7) is 4.03. The number of nitrogens with zero attached hydrogens (tertiary/aromatic N) is 1. The van der Waals surface area contributed by atoms with Gasteiger partial charge < -0.3 is 9.84 Å². The molecule has 1 N–H and O–H groups in total. The minimum atomic E-state index is -0.840. The molecule has 0 fully saturated rings. The van der Waals surface area contributed by atoms with Crippen LogP contribution in [0.3, 0.4) is 0 Å². The number of hydrogen-bond donors (Lipinski definition) is 1. The van der Waals surface area contributed by atoms with Crippen LogP contribution in [0.25, 0.3) is 22.2 Å². The summed E-state index contributed by atoms with van der Waals surface area (Å²) in [5.41, 5.74) is 4.27. The number of pyridine rings is 1. The van der Waals surface area contributed by atoms with Crippen LogP contribution in [0, 0.1) is 5.92 Å². The van der Waals surface area contributed by atoms with Gasteiger partial charge in [-0.3, -0.25) is 9.59 Å². The van der Waals surface area contributed by atoms with Crippen LogP contribution < -0.4 is 0 Å². The largest absolute Gasteiger partial charge is 0.481 e. The molecule has 5 heteroatoms. The Balaban J connectivity index is 1.99. The minimum absolute atomic E-state index is 0.362. The summed E-state index contributed by atoms with van der Waals surface area (Å²) in [7, 11) is 0. The van der Waals surface area contributed by atoms with Crippen molar-refractivity contribution < 1.29 is 19.4 Å². The molecule has 4 rings (SSSR count). The number of carboxylic acids is 1. The van der Waals surface area contributed by atoms with Gasteiger partial charge >= 0.3 is 5.97 Å². The average Bonchev–Trinajstić information content (AvgIpc) is 2.96. The summed E-state index contributed by atoms with van der Waals surface area (Å²) in [5, 5.41) is 10.7. The number of carbonyl (C=O) groups excluding carboxylic acids is 1. The first kappa shape index (κ1) is 19.1. The molecule has 29 heavy (non-hydrogen) atoms. The lowest BCUT2D eigenvalue weighted by Gasteiger charge is -2.35. The fraction of sp³-hybridized carbons (Fsp3) is 0.292. The van der Waals surface area contributed by atoms with E-state index in [1.807, 2.05) is 55.5 Å². The summed E-state index contributed by atoms with van der Waals surface area (Å²) in [6, 6.07) is 18.1. The van der Waals surface area contributed by atoms with E-state index in [4.69, 9.17) is 9.72 Å². The lowest BCUT2D eigenvalue weighted by Crippen LogP contribution is -2.34. The highest BCUT2D eigenvalue weighted by Crippen LogP contribution is 2.54. The average molecular weight is 389 g/mol. The molecule has 1 aromatic heterocycles. The molecule has 0 saturated heterocycles. The predicted molar refractivity (Wildman–Crippen MR) is 111 cm³/mol. The fourth-order valence-electron chi connectivity index (χ4n) is 4.70. The Morgan fingerprint density at radius 2 is 1.83 bits per heavy atom. The maximum Gasteiger partial charge on any atom is 0.306 e. The molecule has 1 aliphatic rings. The first-order valence-corrected chi connectivity index (χ1v) is 9.78.